The second-order valence-electron chi connectivity index (χ2n) is 4.64. The molecule has 0 fully saturated rings. The van der Waals surface area contributed by atoms with Crippen molar-refractivity contribution in [1.29, 1.82) is 0 Å². The van der Waals surface area contributed by atoms with Gasteiger partial charge in [0.2, 0.25) is 0 Å². The van der Waals surface area contributed by atoms with Crippen molar-refractivity contribution in [2.24, 2.45) is 0 Å². The van der Waals surface area contributed by atoms with Gasteiger partial charge in [0, 0.05) is 11.5 Å². The average Bonchev–Trinajstić information content (AvgIpc) is 3.25. The molecule has 3 heterocycles. The van der Waals surface area contributed by atoms with Gasteiger partial charge in [0.05, 0.1) is 17.5 Å². The molecule has 0 radical (unpaired) electrons. The summed E-state index contributed by atoms with van der Waals surface area (Å²) in [6, 6.07) is 6.68. The van der Waals surface area contributed by atoms with Crippen molar-refractivity contribution in [3.63, 3.8) is 0 Å². The van der Waals surface area contributed by atoms with E-state index in [9.17, 15) is 4.39 Å². The number of ether oxygens (including phenoxy) is 1. The molecular weight excluding hydrogens is 351 g/mol. The topological polar surface area (TPSA) is 73.9 Å². The fourth-order valence-electron chi connectivity index (χ4n) is 2.11. The standard InChI is InChI=1S/C15H9FN4O2S2/c1-21-11-5-8-10(6-9(11)16)17-7-18-14(8)24-15-20-19-13(22-15)12-3-2-4-23-12/h2-7H,1H3. The van der Waals surface area contributed by atoms with Crippen molar-refractivity contribution >= 4 is 34.0 Å². The summed E-state index contributed by atoms with van der Waals surface area (Å²) in [5, 5.41) is 11.6. The van der Waals surface area contributed by atoms with Crippen molar-refractivity contribution in [3.05, 3.63) is 41.8 Å². The molecule has 0 atom stereocenters. The molecule has 0 saturated heterocycles. The highest BCUT2D eigenvalue weighted by molar-refractivity contribution is 7.99. The largest absolute Gasteiger partial charge is 0.494 e. The molecule has 0 unspecified atom stereocenters. The number of hydrogen-bond acceptors (Lipinski definition) is 8. The van der Waals surface area contributed by atoms with Crippen LogP contribution in [0, 0.1) is 5.82 Å². The Labute approximate surface area is 143 Å². The summed E-state index contributed by atoms with van der Waals surface area (Å²) >= 11 is 2.71. The van der Waals surface area contributed by atoms with Crippen molar-refractivity contribution in [2.75, 3.05) is 7.11 Å². The molecule has 0 aliphatic rings. The summed E-state index contributed by atoms with van der Waals surface area (Å²) in [6.45, 7) is 0. The minimum Gasteiger partial charge on any atom is -0.494 e. The van der Waals surface area contributed by atoms with Crippen molar-refractivity contribution < 1.29 is 13.5 Å². The maximum Gasteiger partial charge on any atom is 0.283 e. The summed E-state index contributed by atoms with van der Waals surface area (Å²) in [6.07, 6.45) is 1.37. The van der Waals surface area contributed by atoms with Gasteiger partial charge in [-0.25, -0.2) is 14.4 Å². The van der Waals surface area contributed by atoms with Crippen LogP contribution in [-0.2, 0) is 0 Å². The molecule has 0 bridgehead atoms. The van der Waals surface area contributed by atoms with E-state index >= 15 is 0 Å². The van der Waals surface area contributed by atoms with Gasteiger partial charge in [0.1, 0.15) is 11.4 Å². The third kappa shape index (κ3) is 2.72. The average molecular weight is 360 g/mol. The first-order chi connectivity index (χ1) is 11.7. The van der Waals surface area contributed by atoms with E-state index in [4.69, 9.17) is 9.15 Å². The first kappa shape index (κ1) is 15.0. The minimum atomic E-state index is -0.475. The van der Waals surface area contributed by atoms with Crippen LogP contribution in [0.2, 0.25) is 0 Å². The third-order valence-electron chi connectivity index (χ3n) is 3.19. The Bertz CT molecular complexity index is 1000. The Morgan fingerprint density at radius 3 is 2.96 bits per heavy atom. The molecular formula is C15H9FN4O2S2. The van der Waals surface area contributed by atoms with Crippen molar-refractivity contribution in [1.82, 2.24) is 20.2 Å². The first-order valence-electron chi connectivity index (χ1n) is 6.78. The lowest BCUT2D eigenvalue weighted by Crippen LogP contribution is -1.92. The van der Waals surface area contributed by atoms with Gasteiger partial charge in [-0.2, -0.15) is 0 Å². The van der Waals surface area contributed by atoms with Gasteiger partial charge in [0.15, 0.2) is 11.6 Å². The third-order valence-corrected chi connectivity index (χ3v) is 4.91. The van der Waals surface area contributed by atoms with E-state index in [0.717, 1.165) is 4.88 Å². The Morgan fingerprint density at radius 1 is 1.25 bits per heavy atom. The van der Waals surface area contributed by atoms with Crippen LogP contribution in [0.15, 0.2) is 50.6 Å². The molecule has 0 aliphatic carbocycles. The van der Waals surface area contributed by atoms with E-state index in [1.165, 1.54) is 42.6 Å². The van der Waals surface area contributed by atoms with Crippen LogP contribution < -0.4 is 4.74 Å². The summed E-state index contributed by atoms with van der Waals surface area (Å²) in [4.78, 5) is 9.20. The van der Waals surface area contributed by atoms with Gasteiger partial charge in [-0.3, -0.25) is 0 Å². The number of thiophene rings is 1. The Hall–Kier alpha value is -2.52. The van der Waals surface area contributed by atoms with Crippen LogP contribution in [0.25, 0.3) is 21.7 Å². The zero-order chi connectivity index (χ0) is 16.5. The molecule has 24 heavy (non-hydrogen) atoms. The van der Waals surface area contributed by atoms with Crippen LogP contribution in [-0.4, -0.2) is 27.3 Å². The molecule has 4 rings (SSSR count). The van der Waals surface area contributed by atoms with Crippen molar-refractivity contribution in [2.45, 2.75) is 10.2 Å². The van der Waals surface area contributed by atoms with Gasteiger partial charge < -0.3 is 9.15 Å². The summed E-state index contributed by atoms with van der Waals surface area (Å²) in [5.74, 6) is 0.107. The maximum absolute atomic E-state index is 13.8. The molecule has 9 heteroatoms. The summed E-state index contributed by atoms with van der Waals surface area (Å²) < 4.78 is 24.5. The number of rotatable bonds is 4. The molecule has 0 spiro atoms. The lowest BCUT2D eigenvalue weighted by molar-refractivity contribution is 0.387. The smallest absolute Gasteiger partial charge is 0.283 e. The molecule has 120 valence electrons. The molecule has 0 amide bonds. The number of hydrogen-bond donors (Lipinski definition) is 0. The highest BCUT2D eigenvalue weighted by Crippen LogP contribution is 2.34. The molecule has 1 aromatic carbocycles. The van der Waals surface area contributed by atoms with Crippen LogP contribution in [0.4, 0.5) is 4.39 Å². The Kier molecular flexibility index (Phi) is 3.87. The van der Waals surface area contributed by atoms with E-state index < -0.39 is 5.82 Å². The predicted molar refractivity (Wildman–Crippen MR) is 87.8 cm³/mol. The van der Waals surface area contributed by atoms with Crippen molar-refractivity contribution in [3.8, 4) is 16.5 Å². The van der Waals surface area contributed by atoms with E-state index in [1.54, 1.807) is 6.07 Å². The van der Waals surface area contributed by atoms with Crippen LogP contribution in [0.5, 0.6) is 5.75 Å². The van der Waals surface area contributed by atoms with Gasteiger partial charge in [-0.05, 0) is 29.3 Å². The Balaban J connectivity index is 1.72. The molecule has 6 nitrogen and oxygen atoms in total. The van der Waals surface area contributed by atoms with E-state index in [0.29, 0.717) is 27.0 Å². The van der Waals surface area contributed by atoms with Gasteiger partial charge in [0.25, 0.3) is 11.1 Å². The van der Waals surface area contributed by atoms with Gasteiger partial charge in [-0.15, -0.1) is 21.5 Å². The molecule has 0 N–H and O–H groups in total. The van der Waals surface area contributed by atoms with Crippen LogP contribution >= 0.6 is 23.1 Å². The second kappa shape index (κ2) is 6.17. The predicted octanol–water partition coefficient (Wildman–Crippen LogP) is 4.04. The normalized spacial score (nSPS) is 11.1. The number of aromatic nitrogens is 4. The van der Waals surface area contributed by atoms with E-state index in [1.807, 2.05) is 17.5 Å². The quantitative estimate of drug-likeness (QED) is 0.508. The second-order valence-corrected chi connectivity index (χ2v) is 6.52. The van der Waals surface area contributed by atoms with E-state index in [-0.39, 0.29) is 5.75 Å². The summed E-state index contributed by atoms with van der Waals surface area (Å²) in [5.41, 5.74) is 0.476. The van der Waals surface area contributed by atoms with Gasteiger partial charge >= 0.3 is 0 Å². The zero-order valence-electron chi connectivity index (χ0n) is 12.3. The van der Waals surface area contributed by atoms with Gasteiger partial charge in [-0.1, -0.05) is 6.07 Å². The van der Waals surface area contributed by atoms with Crippen LogP contribution in [0.1, 0.15) is 0 Å². The lowest BCUT2D eigenvalue weighted by Gasteiger charge is -2.06. The zero-order valence-corrected chi connectivity index (χ0v) is 13.9. The summed E-state index contributed by atoms with van der Waals surface area (Å²) in [7, 11) is 1.41. The fraction of sp³-hybridized carbons (Fsp3) is 0.0667. The highest BCUT2D eigenvalue weighted by atomic mass is 32.2. The SMILES string of the molecule is COc1cc2c(Sc3nnc(-c4cccs4)o3)ncnc2cc1F. The fourth-order valence-corrected chi connectivity index (χ4v) is 3.49. The van der Waals surface area contributed by atoms with E-state index in [2.05, 4.69) is 20.2 Å². The maximum atomic E-state index is 13.8. The highest BCUT2D eigenvalue weighted by Gasteiger charge is 2.15. The molecule has 0 aliphatic heterocycles. The molecule has 0 saturated carbocycles. The molecule has 4 aromatic rings. The minimum absolute atomic E-state index is 0.129. The Morgan fingerprint density at radius 2 is 2.17 bits per heavy atom. The number of nitrogens with zero attached hydrogens (tertiary/aromatic N) is 4. The number of methoxy groups -OCH3 is 1. The monoisotopic (exact) mass is 360 g/mol. The number of halogens is 1. The number of fused-ring (bicyclic) bond motifs is 1. The lowest BCUT2D eigenvalue weighted by atomic mass is 10.2. The molecule has 3 aromatic heterocycles. The number of benzene rings is 1. The van der Waals surface area contributed by atoms with Crippen LogP contribution in [0.3, 0.4) is 0 Å². The first-order valence-corrected chi connectivity index (χ1v) is 8.47.